The monoisotopic (exact) mass is 382 g/mol. The number of halogens is 6. The average molecular weight is 382 g/mol. The van der Waals surface area contributed by atoms with Crippen LogP contribution in [0.3, 0.4) is 0 Å². The molecule has 6 nitrogen and oxygen atoms in total. The average Bonchev–Trinajstić information content (AvgIpc) is 2.38. The number of nitrogens with zero attached hydrogens (tertiary/aromatic N) is 1. The minimum atomic E-state index is -5.08. The van der Waals surface area contributed by atoms with E-state index in [0.29, 0.717) is 0 Å². The van der Waals surface area contributed by atoms with E-state index in [1.54, 1.807) is 0 Å². The molecule has 25 heavy (non-hydrogen) atoms. The summed E-state index contributed by atoms with van der Waals surface area (Å²) < 4.78 is 63.5. The molecular weight excluding hydrogens is 362 g/mol. The van der Waals surface area contributed by atoms with Gasteiger partial charge < -0.3 is 15.5 Å². The van der Waals surface area contributed by atoms with Crippen molar-refractivity contribution in [2.24, 2.45) is 5.92 Å². The fourth-order valence-corrected chi connectivity index (χ4v) is 1.93. The smallest absolute Gasteiger partial charge is 0.475 e. The van der Waals surface area contributed by atoms with Gasteiger partial charge in [-0.2, -0.15) is 26.3 Å². The number of piperidine rings is 1. The number of carboxylic acids is 2. The number of carbonyl (C=O) groups is 2. The molecular formula is C13H20F6N2O4. The van der Waals surface area contributed by atoms with E-state index in [2.05, 4.69) is 17.1 Å². The van der Waals surface area contributed by atoms with Gasteiger partial charge in [0.1, 0.15) is 0 Å². The lowest BCUT2D eigenvalue weighted by atomic mass is 9.97. The summed E-state index contributed by atoms with van der Waals surface area (Å²) in [6.07, 6.45) is -7.34. The molecule has 0 saturated carbocycles. The van der Waals surface area contributed by atoms with Gasteiger partial charge in [0.2, 0.25) is 0 Å². The summed E-state index contributed by atoms with van der Waals surface area (Å²) in [4.78, 5) is 20.4. The fraction of sp³-hybridized carbons (Fsp3) is 0.846. The summed E-state index contributed by atoms with van der Waals surface area (Å²) in [6, 6.07) is 0.877. The van der Waals surface area contributed by atoms with Gasteiger partial charge in [-0.25, -0.2) is 9.59 Å². The third-order valence-electron chi connectivity index (χ3n) is 3.58. The van der Waals surface area contributed by atoms with E-state index >= 15 is 0 Å². The number of rotatable bonds is 1. The molecule has 12 heteroatoms. The van der Waals surface area contributed by atoms with E-state index < -0.39 is 24.3 Å². The first-order chi connectivity index (χ1) is 11.2. The Kier molecular flexibility index (Phi) is 9.19. The molecule has 148 valence electrons. The van der Waals surface area contributed by atoms with Crippen molar-refractivity contribution >= 4 is 11.9 Å². The van der Waals surface area contributed by atoms with Crippen molar-refractivity contribution in [3.05, 3.63) is 0 Å². The van der Waals surface area contributed by atoms with Gasteiger partial charge >= 0.3 is 24.3 Å². The molecule has 2 aliphatic rings. The predicted octanol–water partition coefficient (Wildman–Crippen LogP) is 1.96. The molecule has 2 heterocycles. The van der Waals surface area contributed by atoms with Crippen molar-refractivity contribution < 1.29 is 46.1 Å². The van der Waals surface area contributed by atoms with Crippen LogP contribution in [0, 0.1) is 5.92 Å². The number of nitrogens with one attached hydrogen (secondary N) is 1. The fourth-order valence-electron chi connectivity index (χ4n) is 1.93. The Morgan fingerprint density at radius 2 is 1.24 bits per heavy atom. The number of carboxylic acid groups (broad SMARTS) is 2. The summed E-state index contributed by atoms with van der Waals surface area (Å²) >= 11 is 0. The Labute approximate surface area is 139 Å². The predicted molar refractivity (Wildman–Crippen MR) is 74.0 cm³/mol. The van der Waals surface area contributed by atoms with Gasteiger partial charge in [0.05, 0.1) is 0 Å². The van der Waals surface area contributed by atoms with E-state index in [9.17, 15) is 26.3 Å². The van der Waals surface area contributed by atoms with Crippen LogP contribution < -0.4 is 5.32 Å². The Morgan fingerprint density at radius 3 is 1.44 bits per heavy atom. The second-order valence-electron chi connectivity index (χ2n) is 5.64. The molecule has 0 amide bonds. The molecule has 2 aliphatic heterocycles. The van der Waals surface area contributed by atoms with E-state index in [1.807, 2.05) is 0 Å². The zero-order chi connectivity index (χ0) is 19.8. The summed E-state index contributed by atoms with van der Waals surface area (Å²) in [6.45, 7) is 7.51. The maximum atomic E-state index is 10.6. The van der Waals surface area contributed by atoms with Gasteiger partial charge in [-0.3, -0.25) is 4.90 Å². The lowest BCUT2D eigenvalue weighted by Gasteiger charge is -2.41. The Morgan fingerprint density at radius 1 is 0.920 bits per heavy atom. The number of hydrogen-bond donors (Lipinski definition) is 3. The highest BCUT2D eigenvalue weighted by molar-refractivity contribution is 5.73. The Balaban J connectivity index is 0.000000366. The number of likely N-dealkylation sites (tertiary alicyclic amines) is 1. The summed E-state index contributed by atoms with van der Waals surface area (Å²) in [5, 5.41) is 17.6. The third kappa shape index (κ3) is 10.1. The molecule has 0 aromatic carbocycles. The van der Waals surface area contributed by atoms with Gasteiger partial charge in [0.15, 0.2) is 0 Å². The third-order valence-corrected chi connectivity index (χ3v) is 3.58. The zero-order valence-corrected chi connectivity index (χ0v) is 13.3. The standard InChI is InChI=1S/C9H18N2.2C2HF3O2/c1-8-2-4-11(5-3-8)9-6-10-7-9;2*3-2(4,5)1(6)7/h8-10H,2-7H2,1H3;2*(H,6,7). The number of alkyl halides is 6. The normalized spacial score (nSPS) is 19.6. The molecule has 2 fully saturated rings. The van der Waals surface area contributed by atoms with Gasteiger partial charge in [-0.15, -0.1) is 0 Å². The summed E-state index contributed by atoms with van der Waals surface area (Å²) in [7, 11) is 0. The molecule has 2 rings (SSSR count). The highest BCUT2D eigenvalue weighted by atomic mass is 19.4. The van der Waals surface area contributed by atoms with Crippen LogP contribution in [-0.4, -0.2) is 71.6 Å². The van der Waals surface area contributed by atoms with Gasteiger partial charge in [0, 0.05) is 19.1 Å². The molecule has 0 unspecified atom stereocenters. The molecule has 2 saturated heterocycles. The van der Waals surface area contributed by atoms with Gasteiger partial charge in [0.25, 0.3) is 0 Å². The lowest BCUT2D eigenvalue weighted by molar-refractivity contribution is -0.193. The SMILES string of the molecule is CC1CCN(C2CNC2)CC1.O=C(O)C(F)(F)F.O=C(O)C(F)(F)F. The maximum Gasteiger partial charge on any atom is 0.490 e. The maximum absolute atomic E-state index is 10.6. The first-order valence-electron chi connectivity index (χ1n) is 7.30. The van der Waals surface area contributed by atoms with Crippen molar-refractivity contribution in [3.8, 4) is 0 Å². The summed E-state index contributed by atoms with van der Waals surface area (Å²) in [5.74, 6) is -4.54. The van der Waals surface area contributed by atoms with Crippen molar-refractivity contribution in [2.45, 2.75) is 38.2 Å². The van der Waals surface area contributed by atoms with Crippen LogP contribution in [0.5, 0.6) is 0 Å². The molecule has 0 bridgehead atoms. The molecule has 0 atom stereocenters. The van der Waals surface area contributed by atoms with Gasteiger partial charge in [-0.1, -0.05) is 6.92 Å². The zero-order valence-electron chi connectivity index (χ0n) is 13.3. The first-order valence-corrected chi connectivity index (χ1v) is 7.30. The van der Waals surface area contributed by atoms with E-state index in [4.69, 9.17) is 19.8 Å². The minimum Gasteiger partial charge on any atom is -0.475 e. The minimum absolute atomic E-state index is 0.877. The Hall–Kier alpha value is -1.56. The van der Waals surface area contributed by atoms with Crippen LogP contribution in [-0.2, 0) is 9.59 Å². The molecule has 0 radical (unpaired) electrons. The highest BCUT2D eigenvalue weighted by Gasteiger charge is 2.38. The van der Waals surface area contributed by atoms with Crippen LogP contribution in [0.25, 0.3) is 0 Å². The molecule has 0 spiro atoms. The van der Waals surface area contributed by atoms with Crippen molar-refractivity contribution in [3.63, 3.8) is 0 Å². The van der Waals surface area contributed by atoms with E-state index in [0.717, 1.165) is 12.0 Å². The van der Waals surface area contributed by atoms with Crippen LogP contribution >= 0.6 is 0 Å². The summed E-state index contributed by atoms with van der Waals surface area (Å²) in [5.41, 5.74) is 0. The van der Waals surface area contributed by atoms with Gasteiger partial charge in [-0.05, 0) is 31.8 Å². The van der Waals surface area contributed by atoms with Crippen molar-refractivity contribution in [1.82, 2.24) is 10.2 Å². The van der Waals surface area contributed by atoms with Crippen LogP contribution in [0.1, 0.15) is 19.8 Å². The highest BCUT2D eigenvalue weighted by Crippen LogP contribution is 2.19. The molecule has 0 aliphatic carbocycles. The van der Waals surface area contributed by atoms with E-state index in [-0.39, 0.29) is 0 Å². The lowest BCUT2D eigenvalue weighted by Crippen LogP contribution is -2.58. The van der Waals surface area contributed by atoms with Crippen LogP contribution in [0.4, 0.5) is 26.3 Å². The second kappa shape index (κ2) is 9.80. The van der Waals surface area contributed by atoms with E-state index in [1.165, 1.54) is 39.0 Å². The first kappa shape index (κ1) is 23.4. The number of aliphatic carboxylic acids is 2. The topological polar surface area (TPSA) is 89.9 Å². The Bertz CT molecular complexity index is 405. The molecule has 3 N–H and O–H groups in total. The van der Waals surface area contributed by atoms with Crippen LogP contribution in [0.15, 0.2) is 0 Å². The van der Waals surface area contributed by atoms with Crippen molar-refractivity contribution in [2.75, 3.05) is 26.2 Å². The number of hydrogen-bond acceptors (Lipinski definition) is 4. The quantitative estimate of drug-likeness (QED) is 0.601. The van der Waals surface area contributed by atoms with Crippen molar-refractivity contribution in [1.29, 1.82) is 0 Å². The molecule has 0 aromatic heterocycles. The largest absolute Gasteiger partial charge is 0.490 e. The second-order valence-corrected chi connectivity index (χ2v) is 5.64. The van der Waals surface area contributed by atoms with Crippen LogP contribution in [0.2, 0.25) is 0 Å². The molecule has 0 aromatic rings.